The zero-order valence-corrected chi connectivity index (χ0v) is 8.71. The Kier molecular flexibility index (Phi) is 3.25. The summed E-state index contributed by atoms with van der Waals surface area (Å²) in [5.41, 5.74) is 9.07. The first-order valence-corrected chi connectivity index (χ1v) is 5.45. The molecule has 2 rings (SSSR count). The lowest BCUT2D eigenvalue weighted by molar-refractivity contribution is 0.328. The van der Waals surface area contributed by atoms with Crippen LogP contribution in [0.25, 0.3) is 10.4 Å². The predicted molar refractivity (Wildman–Crippen MR) is 57.2 cm³/mol. The van der Waals surface area contributed by atoms with Crippen molar-refractivity contribution in [3.63, 3.8) is 0 Å². The van der Waals surface area contributed by atoms with E-state index >= 15 is 0 Å². The summed E-state index contributed by atoms with van der Waals surface area (Å²) in [5, 5.41) is 7.93. The summed E-state index contributed by atoms with van der Waals surface area (Å²) in [6.07, 6.45) is 8.40. The van der Waals surface area contributed by atoms with E-state index in [0.29, 0.717) is 12.6 Å². The van der Waals surface area contributed by atoms with Crippen LogP contribution in [0.5, 0.6) is 0 Å². The molecule has 5 heteroatoms. The fourth-order valence-corrected chi connectivity index (χ4v) is 2.11. The molecule has 1 saturated carbocycles. The fourth-order valence-electron chi connectivity index (χ4n) is 2.11. The summed E-state index contributed by atoms with van der Waals surface area (Å²) in [6.45, 7) is 0.357. The fraction of sp³-hybridized carbons (Fsp3) is 0.700. The maximum Gasteiger partial charge on any atom is 0.0702 e. The van der Waals surface area contributed by atoms with Crippen molar-refractivity contribution in [2.45, 2.75) is 44.7 Å². The Bertz CT molecular complexity index is 358. The number of hydrogen-bond donors (Lipinski definition) is 0. The van der Waals surface area contributed by atoms with Crippen molar-refractivity contribution >= 4 is 0 Å². The molecule has 1 heterocycles. The van der Waals surface area contributed by atoms with E-state index in [9.17, 15) is 0 Å². The maximum absolute atomic E-state index is 8.21. The third kappa shape index (κ3) is 2.50. The molecule has 15 heavy (non-hydrogen) atoms. The molecule has 1 aliphatic carbocycles. The second kappa shape index (κ2) is 4.84. The summed E-state index contributed by atoms with van der Waals surface area (Å²) in [4.78, 5) is 2.73. The van der Waals surface area contributed by atoms with Crippen LogP contribution < -0.4 is 0 Å². The van der Waals surface area contributed by atoms with Crippen molar-refractivity contribution < 1.29 is 0 Å². The molecule has 0 aromatic carbocycles. The lowest BCUT2D eigenvalue weighted by Gasteiger charge is -2.21. The molecule has 80 valence electrons. The molecule has 0 unspecified atom stereocenters. The molecule has 0 amide bonds. The molecule has 1 aliphatic rings. The Labute approximate surface area is 88.7 Å². The molecular formula is C10H15N5. The highest BCUT2D eigenvalue weighted by molar-refractivity contribution is 4.99. The van der Waals surface area contributed by atoms with Crippen LogP contribution >= 0.6 is 0 Å². The zero-order chi connectivity index (χ0) is 10.5. The van der Waals surface area contributed by atoms with Crippen LogP contribution in [0.4, 0.5) is 0 Å². The number of hydrogen-bond acceptors (Lipinski definition) is 2. The second-order valence-electron chi connectivity index (χ2n) is 3.97. The maximum atomic E-state index is 8.21. The van der Waals surface area contributed by atoms with Crippen LogP contribution in [0.1, 0.15) is 43.8 Å². The van der Waals surface area contributed by atoms with E-state index < -0.39 is 0 Å². The minimum absolute atomic E-state index is 0.357. The Morgan fingerprint density at radius 1 is 1.47 bits per heavy atom. The van der Waals surface area contributed by atoms with Gasteiger partial charge in [0.05, 0.1) is 18.3 Å². The molecule has 0 saturated heterocycles. The van der Waals surface area contributed by atoms with Gasteiger partial charge in [-0.15, -0.1) is 0 Å². The van der Waals surface area contributed by atoms with E-state index in [1.54, 1.807) is 0 Å². The smallest absolute Gasteiger partial charge is 0.0702 e. The topological polar surface area (TPSA) is 66.6 Å². The summed E-state index contributed by atoms with van der Waals surface area (Å²) in [5.74, 6) is 0. The monoisotopic (exact) mass is 205 g/mol. The summed E-state index contributed by atoms with van der Waals surface area (Å²) >= 11 is 0. The molecule has 0 spiro atoms. The Morgan fingerprint density at radius 2 is 2.27 bits per heavy atom. The molecule has 0 aliphatic heterocycles. The van der Waals surface area contributed by atoms with Crippen molar-refractivity contribution in [1.29, 1.82) is 0 Å². The molecule has 1 aromatic heterocycles. The molecule has 1 fully saturated rings. The van der Waals surface area contributed by atoms with Crippen LogP contribution in [0.2, 0.25) is 0 Å². The van der Waals surface area contributed by atoms with Gasteiger partial charge in [-0.1, -0.05) is 24.4 Å². The Morgan fingerprint density at radius 3 is 3.00 bits per heavy atom. The van der Waals surface area contributed by atoms with Crippen LogP contribution in [0, 0.1) is 0 Å². The molecule has 0 N–H and O–H groups in total. The highest BCUT2D eigenvalue weighted by Crippen LogP contribution is 2.27. The van der Waals surface area contributed by atoms with Crippen molar-refractivity contribution in [3.05, 3.63) is 28.4 Å². The van der Waals surface area contributed by atoms with Crippen LogP contribution in [-0.4, -0.2) is 9.78 Å². The van der Waals surface area contributed by atoms with Gasteiger partial charge in [0, 0.05) is 11.1 Å². The average Bonchev–Trinajstić information content (AvgIpc) is 2.76. The van der Waals surface area contributed by atoms with Crippen LogP contribution in [0.15, 0.2) is 17.4 Å². The Balaban J connectivity index is 2.01. The molecular weight excluding hydrogens is 190 g/mol. The first kappa shape index (κ1) is 10.1. The number of aromatic nitrogens is 2. The van der Waals surface area contributed by atoms with Crippen LogP contribution in [0.3, 0.4) is 0 Å². The summed E-state index contributed by atoms with van der Waals surface area (Å²) in [7, 11) is 0. The zero-order valence-electron chi connectivity index (χ0n) is 8.71. The Hall–Kier alpha value is -1.48. The lowest BCUT2D eigenvalue weighted by atomic mass is 9.96. The van der Waals surface area contributed by atoms with Gasteiger partial charge in [0.25, 0.3) is 0 Å². The van der Waals surface area contributed by atoms with Crippen LogP contribution in [-0.2, 0) is 6.54 Å². The second-order valence-corrected chi connectivity index (χ2v) is 3.97. The number of nitrogens with zero attached hydrogens (tertiary/aromatic N) is 5. The summed E-state index contributed by atoms with van der Waals surface area (Å²) in [6, 6.07) is 2.49. The van der Waals surface area contributed by atoms with Crippen molar-refractivity contribution in [3.8, 4) is 0 Å². The normalized spacial score (nSPS) is 17.3. The van der Waals surface area contributed by atoms with E-state index in [2.05, 4.69) is 15.1 Å². The number of rotatable bonds is 3. The van der Waals surface area contributed by atoms with Gasteiger partial charge in [-0.05, 0) is 24.4 Å². The largest absolute Gasteiger partial charge is 0.269 e. The van der Waals surface area contributed by atoms with E-state index in [1.165, 1.54) is 32.1 Å². The highest BCUT2D eigenvalue weighted by Gasteiger charge is 2.15. The van der Waals surface area contributed by atoms with Crippen molar-refractivity contribution in [2.75, 3.05) is 0 Å². The van der Waals surface area contributed by atoms with Gasteiger partial charge in [0.2, 0.25) is 0 Å². The van der Waals surface area contributed by atoms with Crippen molar-refractivity contribution in [2.24, 2.45) is 5.11 Å². The van der Waals surface area contributed by atoms with E-state index in [0.717, 1.165) is 5.69 Å². The minimum atomic E-state index is 0.357. The summed E-state index contributed by atoms with van der Waals surface area (Å²) < 4.78 is 2.03. The third-order valence-electron chi connectivity index (χ3n) is 2.91. The molecule has 0 atom stereocenters. The minimum Gasteiger partial charge on any atom is -0.269 e. The molecule has 0 radical (unpaired) electrons. The van der Waals surface area contributed by atoms with E-state index in [1.807, 2.05) is 16.9 Å². The third-order valence-corrected chi connectivity index (χ3v) is 2.91. The van der Waals surface area contributed by atoms with Gasteiger partial charge in [0.15, 0.2) is 0 Å². The lowest BCUT2D eigenvalue weighted by Crippen LogP contribution is -2.13. The SMILES string of the molecule is [N-]=[N+]=NCc1ccn(C2CCCCC2)n1. The van der Waals surface area contributed by atoms with Gasteiger partial charge in [0.1, 0.15) is 0 Å². The van der Waals surface area contributed by atoms with Gasteiger partial charge < -0.3 is 0 Å². The quantitative estimate of drug-likeness (QED) is 0.424. The van der Waals surface area contributed by atoms with Gasteiger partial charge in [-0.3, -0.25) is 4.68 Å². The molecule has 5 nitrogen and oxygen atoms in total. The standard InChI is InChI=1S/C10H15N5/c11-14-12-8-9-6-7-15(13-9)10-4-2-1-3-5-10/h6-7,10H,1-5,8H2. The number of azide groups is 1. The molecule has 1 aromatic rings. The average molecular weight is 205 g/mol. The predicted octanol–water partition coefficient (Wildman–Crippen LogP) is 3.20. The molecule has 0 bridgehead atoms. The van der Waals surface area contributed by atoms with E-state index in [4.69, 9.17) is 5.53 Å². The first-order chi connectivity index (χ1) is 7.40. The van der Waals surface area contributed by atoms with Crippen molar-refractivity contribution in [1.82, 2.24) is 9.78 Å². The van der Waals surface area contributed by atoms with Gasteiger partial charge in [-0.2, -0.15) is 5.10 Å². The van der Waals surface area contributed by atoms with Gasteiger partial charge >= 0.3 is 0 Å². The van der Waals surface area contributed by atoms with E-state index in [-0.39, 0.29) is 0 Å². The van der Waals surface area contributed by atoms with Gasteiger partial charge in [-0.25, -0.2) is 0 Å². The highest BCUT2D eigenvalue weighted by atomic mass is 15.3. The first-order valence-electron chi connectivity index (χ1n) is 5.45.